The van der Waals surface area contributed by atoms with Gasteiger partial charge in [0.1, 0.15) is 11.5 Å². The van der Waals surface area contributed by atoms with Crippen molar-refractivity contribution in [2.75, 3.05) is 16.3 Å². The maximum atomic E-state index is 13.4. The highest BCUT2D eigenvalue weighted by molar-refractivity contribution is 7.92. The minimum Gasteiger partial charge on any atom is -0.466 e. The minimum atomic E-state index is -3.46. The molecule has 2 N–H and O–H groups in total. The number of hydrogen-bond acceptors (Lipinski definition) is 6. The highest BCUT2D eigenvalue weighted by Gasteiger charge is 2.21. The van der Waals surface area contributed by atoms with Gasteiger partial charge < -0.3 is 9.73 Å². The van der Waals surface area contributed by atoms with Gasteiger partial charge in [0.25, 0.3) is 5.91 Å². The molecule has 178 valence electrons. The van der Waals surface area contributed by atoms with E-state index >= 15 is 0 Å². The topological polar surface area (TPSA) is 119 Å². The Hall–Kier alpha value is -3.66. The van der Waals surface area contributed by atoms with Gasteiger partial charge in [0, 0.05) is 17.3 Å². The second-order valence-corrected chi connectivity index (χ2v) is 10.4. The van der Waals surface area contributed by atoms with Crippen LogP contribution in [0.1, 0.15) is 47.3 Å². The summed E-state index contributed by atoms with van der Waals surface area (Å²) in [5.74, 6) is 1.11. The third-order valence-corrected chi connectivity index (χ3v) is 6.00. The van der Waals surface area contributed by atoms with Crippen LogP contribution in [0.15, 0.2) is 40.9 Å². The number of amides is 1. The van der Waals surface area contributed by atoms with E-state index < -0.39 is 10.0 Å². The van der Waals surface area contributed by atoms with Gasteiger partial charge in [-0.2, -0.15) is 5.10 Å². The average molecular weight is 482 g/mol. The van der Waals surface area contributed by atoms with E-state index in [0.717, 1.165) is 23.1 Å². The van der Waals surface area contributed by atoms with Crippen LogP contribution in [-0.2, 0) is 10.0 Å². The maximum absolute atomic E-state index is 13.4. The van der Waals surface area contributed by atoms with Crippen molar-refractivity contribution in [1.82, 2.24) is 14.8 Å². The fraction of sp³-hybridized carbons (Fsp3) is 0.292. The molecule has 1 aromatic carbocycles. The van der Waals surface area contributed by atoms with E-state index in [1.807, 2.05) is 33.8 Å². The van der Waals surface area contributed by atoms with Crippen molar-refractivity contribution < 1.29 is 17.6 Å². The van der Waals surface area contributed by atoms with Crippen molar-refractivity contribution in [2.45, 2.75) is 40.7 Å². The molecule has 0 atom stereocenters. The standard InChI is InChI=1S/C24H27N5O4S/c1-13(2)29-23-20(12-25-29)19(11-22(27-23)18-9-15(4)33-16(18)5)24(30)26-17-8-7-14(3)21(10-17)28-34(6,31)32/h7-13,28H,1-6H3,(H,26,30). The molecule has 0 saturated carbocycles. The normalized spacial score (nSPS) is 11.9. The zero-order valence-electron chi connectivity index (χ0n) is 19.9. The van der Waals surface area contributed by atoms with Crippen molar-refractivity contribution in [3.63, 3.8) is 0 Å². The van der Waals surface area contributed by atoms with E-state index in [2.05, 4.69) is 15.1 Å². The van der Waals surface area contributed by atoms with Crippen LogP contribution in [0, 0.1) is 20.8 Å². The first-order chi connectivity index (χ1) is 15.9. The summed E-state index contributed by atoms with van der Waals surface area (Å²) in [4.78, 5) is 18.2. The zero-order chi connectivity index (χ0) is 24.8. The lowest BCUT2D eigenvalue weighted by molar-refractivity contribution is 0.102. The Bertz CT molecular complexity index is 1520. The number of furan rings is 1. The number of nitrogens with one attached hydrogen (secondary N) is 2. The van der Waals surface area contributed by atoms with E-state index in [4.69, 9.17) is 9.40 Å². The van der Waals surface area contributed by atoms with Gasteiger partial charge in [-0.25, -0.2) is 18.1 Å². The molecule has 0 radical (unpaired) electrons. The Balaban J connectivity index is 1.80. The summed E-state index contributed by atoms with van der Waals surface area (Å²) in [5.41, 5.74) is 4.01. The molecule has 0 saturated heterocycles. The third kappa shape index (κ3) is 4.67. The Morgan fingerprint density at radius 2 is 1.85 bits per heavy atom. The van der Waals surface area contributed by atoms with Crippen molar-refractivity contribution in [3.05, 3.63) is 59.2 Å². The number of nitrogens with zero attached hydrogens (tertiary/aromatic N) is 3. The molecule has 0 bridgehead atoms. The van der Waals surface area contributed by atoms with Crippen molar-refractivity contribution >= 4 is 38.3 Å². The highest BCUT2D eigenvalue weighted by atomic mass is 32.2. The molecule has 4 aromatic rings. The van der Waals surface area contributed by atoms with Gasteiger partial charge >= 0.3 is 0 Å². The van der Waals surface area contributed by atoms with Crippen LogP contribution in [0.5, 0.6) is 0 Å². The smallest absolute Gasteiger partial charge is 0.256 e. The number of aromatic nitrogens is 3. The molecule has 9 nitrogen and oxygen atoms in total. The number of carbonyl (C=O) groups is 1. The number of rotatable bonds is 6. The molecule has 4 rings (SSSR count). The van der Waals surface area contributed by atoms with Gasteiger partial charge in [-0.15, -0.1) is 0 Å². The highest BCUT2D eigenvalue weighted by Crippen LogP contribution is 2.31. The van der Waals surface area contributed by atoms with Crippen LogP contribution in [0.3, 0.4) is 0 Å². The first-order valence-electron chi connectivity index (χ1n) is 10.8. The number of carbonyl (C=O) groups excluding carboxylic acids is 1. The van der Waals surface area contributed by atoms with Gasteiger partial charge in [0.15, 0.2) is 5.65 Å². The summed E-state index contributed by atoms with van der Waals surface area (Å²) < 4.78 is 33.3. The van der Waals surface area contributed by atoms with Crippen molar-refractivity contribution in [2.24, 2.45) is 0 Å². The van der Waals surface area contributed by atoms with E-state index in [0.29, 0.717) is 39.4 Å². The minimum absolute atomic E-state index is 0.0464. The first-order valence-corrected chi connectivity index (χ1v) is 12.7. The van der Waals surface area contributed by atoms with Gasteiger partial charge in [-0.1, -0.05) is 6.07 Å². The van der Waals surface area contributed by atoms with Crippen LogP contribution in [0.2, 0.25) is 0 Å². The van der Waals surface area contributed by atoms with Crippen LogP contribution in [0.25, 0.3) is 22.3 Å². The Labute approximate surface area is 198 Å². The maximum Gasteiger partial charge on any atom is 0.256 e. The van der Waals surface area contributed by atoms with E-state index in [1.54, 1.807) is 42.1 Å². The second-order valence-electron chi connectivity index (χ2n) is 8.66. The Kier molecular flexibility index (Phi) is 5.94. The second kappa shape index (κ2) is 8.60. The molecular formula is C24H27N5O4S. The molecule has 10 heteroatoms. The van der Waals surface area contributed by atoms with Crippen molar-refractivity contribution in [1.29, 1.82) is 0 Å². The summed E-state index contributed by atoms with van der Waals surface area (Å²) in [6, 6.07) is 8.72. The summed E-state index contributed by atoms with van der Waals surface area (Å²) in [5, 5.41) is 7.95. The van der Waals surface area contributed by atoms with E-state index in [9.17, 15) is 13.2 Å². The number of pyridine rings is 1. The molecule has 34 heavy (non-hydrogen) atoms. The molecule has 0 aliphatic heterocycles. The molecule has 0 spiro atoms. The molecule has 0 aliphatic carbocycles. The predicted molar refractivity (Wildman–Crippen MR) is 133 cm³/mol. The van der Waals surface area contributed by atoms with Crippen LogP contribution in [0.4, 0.5) is 11.4 Å². The summed E-state index contributed by atoms with van der Waals surface area (Å²) in [6.07, 6.45) is 2.72. The summed E-state index contributed by atoms with van der Waals surface area (Å²) >= 11 is 0. The lowest BCUT2D eigenvalue weighted by Gasteiger charge is -2.13. The van der Waals surface area contributed by atoms with Gasteiger partial charge in [-0.3, -0.25) is 9.52 Å². The largest absolute Gasteiger partial charge is 0.466 e. The number of sulfonamides is 1. The number of benzene rings is 1. The third-order valence-electron chi connectivity index (χ3n) is 5.41. The number of fused-ring (bicyclic) bond motifs is 1. The van der Waals surface area contributed by atoms with Crippen LogP contribution >= 0.6 is 0 Å². The molecule has 0 fully saturated rings. The quantitative estimate of drug-likeness (QED) is 0.407. The molecular weight excluding hydrogens is 454 g/mol. The molecule has 0 aliphatic rings. The monoisotopic (exact) mass is 481 g/mol. The van der Waals surface area contributed by atoms with Gasteiger partial charge in [-0.05, 0) is 64.4 Å². The lowest BCUT2D eigenvalue weighted by atomic mass is 10.1. The van der Waals surface area contributed by atoms with E-state index in [1.165, 1.54) is 0 Å². The zero-order valence-corrected chi connectivity index (χ0v) is 20.7. The molecule has 3 aromatic heterocycles. The molecule has 1 amide bonds. The number of anilines is 2. The fourth-order valence-electron chi connectivity index (χ4n) is 3.81. The number of hydrogen-bond donors (Lipinski definition) is 2. The molecule has 3 heterocycles. The summed E-state index contributed by atoms with van der Waals surface area (Å²) in [6.45, 7) is 9.50. The van der Waals surface area contributed by atoms with Crippen LogP contribution < -0.4 is 10.0 Å². The predicted octanol–water partition coefficient (Wildman–Crippen LogP) is 4.82. The van der Waals surface area contributed by atoms with Crippen LogP contribution in [-0.4, -0.2) is 35.3 Å². The SMILES string of the molecule is Cc1cc(-c2cc(C(=O)Nc3ccc(C)c(NS(C)(=O)=O)c3)c3cnn(C(C)C)c3n2)c(C)o1. The lowest BCUT2D eigenvalue weighted by Crippen LogP contribution is -2.15. The Morgan fingerprint density at radius 1 is 1.12 bits per heavy atom. The van der Waals surface area contributed by atoms with Gasteiger partial charge in [0.05, 0.1) is 34.8 Å². The molecule has 0 unspecified atom stereocenters. The van der Waals surface area contributed by atoms with E-state index in [-0.39, 0.29) is 11.9 Å². The summed E-state index contributed by atoms with van der Waals surface area (Å²) in [7, 11) is -3.46. The fourth-order valence-corrected chi connectivity index (χ4v) is 4.43. The van der Waals surface area contributed by atoms with Gasteiger partial charge in [0.2, 0.25) is 10.0 Å². The average Bonchev–Trinajstić information content (AvgIpc) is 3.31. The Morgan fingerprint density at radius 3 is 2.47 bits per heavy atom. The first kappa shape index (κ1) is 23.5. The van der Waals surface area contributed by atoms with Crippen molar-refractivity contribution in [3.8, 4) is 11.3 Å². The number of aryl methyl sites for hydroxylation is 3.